The van der Waals surface area contributed by atoms with E-state index in [-0.39, 0.29) is 5.91 Å². The predicted molar refractivity (Wildman–Crippen MR) is 95.3 cm³/mol. The van der Waals surface area contributed by atoms with Crippen LogP contribution in [0.3, 0.4) is 0 Å². The summed E-state index contributed by atoms with van der Waals surface area (Å²) in [6.07, 6.45) is 2.70. The lowest BCUT2D eigenvalue weighted by Gasteiger charge is -2.07. The minimum Gasteiger partial charge on any atom is -0.339 e. The van der Waals surface area contributed by atoms with E-state index in [1.165, 1.54) is 0 Å². The molecule has 1 heterocycles. The van der Waals surface area contributed by atoms with Crippen LogP contribution in [0.5, 0.6) is 0 Å². The minimum absolute atomic E-state index is 0.151. The molecule has 0 aliphatic carbocycles. The molecule has 1 aromatic heterocycles. The maximum atomic E-state index is 12.3. The van der Waals surface area contributed by atoms with Gasteiger partial charge in [0, 0.05) is 28.1 Å². The van der Waals surface area contributed by atoms with Crippen LogP contribution in [0.25, 0.3) is 11.4 Å². The summed E-state index contributed by atoms with van der Waals surface area (Å²) < 4.78 is 5.10. The molecule has 3 aromatic rings. The fraction of sp³-hybridized carbons (Fsp3) is 0.167. The molecule has 1 amide bonds. The smallest absolute Gasteiger partial charge is 0.255 e. The van der Waals surface area contributed by atoms with Gasteiger partial charge in [0.1, 0.15) is 0 Å². The van der Waals surface area contributed by atoms with Gasteiger partial charge in [0.2, 0.25) is 11.7 Å². The van der Waals surface area contributed by atoms with Crippen LogP contribution in [0, 0.1) is 0 Å². The molecule has 5 nitrogen and oxygen atoms in total. The molecule has 6 heteroatoms. The Morgan fingerprint density at radius 1 is 1.21 bits per heavy atom. The molecule has 3 rings (SSSR count). The molecule has 0 bridgehead atoms. The monoisotopic (exact) mass is 339 g/mol. The maximum absolute atomic E-state index is 12.3. The van der Waals surface area contributed by atoms with E-state index in [9.17, 15) is 4.79 Å². The van der Waals surface area contributed by atoms with Crippen molar-refractivity contribution in [2.24, 2.45) is 0 Å². The van der Waals surface area contributed by atoms with E-state index in [1.807, 2.05) is 49.6 Å². The molecule has 2 aromatic carbocycles. The number of nitrogens with zero attached hydrogens (tertiary/aromatic N) is 2. The molecule has 0 spiro atoms. The predicted octanol–water partition coefficient (Wildman–Crippen LogP) is 4.27. The minimum atomic E-state index is -0.151. The second-order valence-electron chi connectivity index (χ2n) is 5.13. The van der Waals surface area contributed by atoms with Gasteiger partial charge in [-0.1, -0.05) is 30.3 Å². The number of hydrogen-bond acceptors (Lipinski definition) is 5. The van der Waals surface area contributed by atoms with Crippen LogP contribution in [0.1, 0.15) is 23.2 Å². The summed E-state index contributed by atoms with van der Waals surface area (Å²) in [5.74, 6) is 0.981. The number of carbonyl (C=O) groups excluding carboxylic acids is 1. The summed E-state index contributed by atoms with van der Waals surface area (Å²) in [6.45, 7) is 1.96. The standard InChI is InChI=1S/C18H17N3O2S/c1-3-16-20-17(21-23-16)12-7-9-13(10-8-12)18(22)19-14-5-4-6-15(11-14)24-2/h4-11H,3H2,1-2H3,(H,19,22). The number of amides is 1. The van der Waals surface area contributed by atoms with Crippen molar-refractivity contribution in [3.63, 3.8) is 0 Å². The maximum Gasteiger partial charge on any atom is 0.255 e. The van der Waals surface area contributed by atoms with Crippen molar-refractivity contribution in [1.82, 2.24) is 10.1 Å². The van der Waals surface area contributed by atoms with E-state index in [2.05, 4.69) is 15.5 Å². The highest BCUT2D eigenvalue weighted by Gasteiger charge is 2.10. The van der Waals surface area contributed by atoms with Gasteiger partial charge in [-0.15, -0.1) is 11.8 Å². The topological polar surface area (TPSA) is 68.0 Å². The van der Waals surface area contributed by atoms with Gasteiger partial charge in [-0.2, -0.15) is 4.98 Å². The third-order valence-corrected chi connectivity index (χ3v) is 4.23. The van der Waals surface area contributed by atoms with E-state index >= 15 is 0 Å². The first kappa shape index (κ1) is 16.3. The molecule has 0 atom stereocenters. The Balaban J connectivity index is 1.73. The first-order valence-electron chi connectivity index (χ1n) is 7.58. The Morgan fingerprint density at radius 3 is 2.67 bits per heavy atom. The number of rotatable bonds is 5. The lowest BCUT2D eigenvalue weighted by molar-refractivity contribution is 0.102. The summed E-state index contributed by atoms with van der Waals surface area (Å²) in [7, 11) is 0. The molecular formula is C18H17N3O2S. The van der Waals surface area contributed by atoms with Gasteiger partial charge in [-0.25, -0.2) is 0 Å². The van der Waals surface area contributed by atoms with Crippen molar-refractivity contribution in [3.8, 4) is 11.4 Å². The van der Waals surface area contributed by atoms with Crippen molar-refractivity contribution in [3.05, 3.63) is 60.0 Å². The van der Waals surface area contributed by atoms with Gasteiger partial charge in [0.15, 0.2) is 0 Å². The summed E-state index contributed by atoms with van der Waals surface area (Å²) in [6, 6.07) is 14.9. The SMILES string of the molecule is CCc1nc(-c2ccc(C(=O)Nc3cccc(SC)c3)cc2)no1. The largest absolute Gasteiger partial charge is 0.339 e. The van der Waals surface area contributed by atoms with E-state index < -0.39 is 0 Å². The number of benzene rings is 2. The average Bonchev–Trinajstić information content (AvgIpc) is 3.11. The normalized spacial score (nSPS) is 10.6. The number of anilines is 1. The van der Waals surface area contributed by atoms with Crippen LogP contribution >= 0.6 is 11.8 Å². The van der Waals surface area contributed by atoms with E-state index in [4.69, 9.17) is 4.52 Å². The lowest BCUT2D eigenvalue weighted by Crippen LogP contribution is -2.11. The van der Waals surface area contributed by atoms with E-state index in [0.29, 0.717) is 23.7 Å². The van der Waals surface area contributed by atoms with Gasteiger partial charge in [0.25, 0.3) is 5.91 Å². The van der Waals surface area contributed by atoms with E-state index in [1.54, 1.807) is 23.9 Å². The van der Waals surface area contributed by atoms with Crippen molar-refractivity contribution >= 4 is 23.4 Å². The number of thioether (sulfide) groups is 1. The molecular weight excluding hydrogens is 322 g/mol. The van der Waals surface area contributed by atoms with Gasteiger partial charge in [-0.05, 0) is 36.6 Å². The highest BCUT2D eigenvalue weighted by atomic mass is 32.2. The summed E-state index contributed by atoms with van der Waals surface area (Å²) >= 11 is 1.64. The second kappa shape index (κ2) is 7.31. The van der Waals surface area contributed by atoms with Crippen LogP contribution in [-0.4, -0.2) is 22.3 Å². The van der Waals surface area contributed by atoms with Gasteiger partial charge in [-0.3, -0.25) is 4.79 Å². The first-order valence-corrected chi connectivity index (χ1v) is 8.80. The highest BCUT2D eigenvalue weighted by Crippen LogP contribution is 2.20. The zero-order valence-electron chi connectivity index (χ0n) is 13.4. The third-order valence-electron chi connectivity index (χ3n) is 3.50. The molecule has 0 radical (unpaired) electrons. The zero-order valence-corrected chi connectivity index (χ0v) is 14.3. The Labute approximate surface area is 144 Å². The average molecular weight is 339 g/mol. The fourth-order valence-electron chi connectivity index (χ4n) is 2.19. The first-order chi connectivity index (χ1) is 11.7. The molecule has 0 fully saturated rings. The Morgan fingerprint density at radius 2 is 2.00 bits per heavy atom. The summed E-state index contributed by atoms with van der Waals surface area (Å²) in [5, 5.41) is 6.83. The van der Waals surface area contributed by atoms with Crippen LogP contribution in [0.4, 0.5) is 5.69 Å². The molecule has 0 aliphatic heterocycles. The van der Waals surface area contributed by atoms with Crippen LogP contribution in [0.2, 0.25) is 0 Å². The highest BCUT2D eigenvalue weighted by molar-refractivity contribution is 7.98. The molecule has 122 valence electrons. The van der Waals surface area contributed by atoms with Crippen molar-refractivity contribution in [2.75, 3.05) is 11.6 Å². The number of hydrogen-bond donors (Lipinski definition) is 1. The van der Waals surface area contributed by atoms with Crippen molar-refractivity contribution < 1.29 is 9.32 Å². The van der Waals surface area contributed by atoms with Crippen molar-refractivity contribution in [1.29, 1.82) is 0 Å². The molecule has 0 saturated carbocycles. The zero-order chi connectivity index (χ0) is 16.9. The Kier molecular flexibility index (Phi) is 4.96. The Bertz CT molecular complexity index is 843. The van der Waals surface area contributed by atoms with Crippen LogP contribution in [0.15, 0.2) is 57.9 Å². The summed E-state index contributed by atoms with van der Waals surface area (Å²) in [4.78, 5) is 17.7. The van der Waals surface area contributed by atoms with Crippen LogP contribution < -0.4 is 5.32 Å². The Hall–Kier alpha value is -2.60. The molecule has 0 aliphatic rings. The van der Waals surface area contributed by atoms with Crippen molar-refractivity contribution in [2.45, 2.75) is 18.2 Å². The van der Waals surface area contributed by atoms with E-state index in [0.717, 1.165) is 16.1 Å². The number of aryl methyl sites for hydroxylation is 1. The second-order valence-corrected chi connectivity index (χ2v) is 6.01. The molecule has 24 heavy (non-hydrogen) atoms. The quantitative estimate of drug-likeness (QED) is 0.703. The third kappa shape index (κ3) is 3.65. The molecule has 0 saturated heterocycles. The summed E-state index contributed by atoms with van der Waals surface area (Å²) in [5.41, 5.74) is 2.17. The number of aromatic nitrogens is 2. The number of carbonyl (C=O) groups is 1. The lowest BCUT2D eigenvalue weighted by atomic mass is 10.1. The molecule has 1 N–H and O–H groups in total. The molecule has 0 unspecified atom stereocenters. The fourth-order valence-corrected chi connectivity index (χ4v) is 2.65. The van der Waals surface area contributed by atoms with Crippen LogP contribution in [-0.2, 0) is 6.42 Å². The van der Waals surface area contributed by atoms with Gasteiger partial charge >= 0.3 is 0 Å². The van der Waals surface area contributed by atoms with Gasteiger partial charge in [0.05, 0.1) is 0 Å². The van der Waals surface area contributed by atoms with Gasteiger partial charge < -0.3 is 9.84 Å². The number of nitrogens with one attached hydrogen (secondary N) is 1.